The fourth-order valence-corrected chi connectivity index (χ4v) is 3.47. The smallest absolute Gasteiger partial charge is 0.143 e. The number of benzene rings is 2. The number of hydrogen-bond acceptors (Lipinski definition) is 4. The first-order valence-corrected chi connectivity index (χ1v) is 8.93. The average Bonchev–Trinajstić information content (AvgIpc) is 3.20. The van der Waals surface area contributed by atoms with Gasteiger partial charge in [0, 0.05) is 35.3 Å². The van der Waals surface area contributed by atoms with E-state index in [4.69, 9.17) is 21.1 Å². The summed E-state index contributed by atoms with van der Waals surface area (Å²) < 4.78 is 11.2. The monoisotopic (exact) mass is 368 g/mol. The third-order valence-corrected chi connectivity index (χ3v) is 4.89. The van der Waals surface area contributed by atoms with E-state index in [-0.39, 0.29) is 0 Å². The lowest BCUT2D eigenvalue weighted by molar-refractivity contribution is 0.402. The number of allylic oxidation sites excluding steroid dienone is 1. The minimum absolute atomic E-state index is 0.477. The summed E-state index contributed by atoms with van der Waals surface area (Å²) >= 11 is 6.25. The van der Waals surface area contributed by atoms with Gasteiger partial charge in [0.05, 0.1) is 31.5 Å². The van der Waals surface area contributed by atoms with E-state index in [9.17, 15) is 5.26 Å². The predicted molar refractivity (Wildman–Crippen MR) is 106 cm³/mol. The molecule has 0 aromatic heterocycles. The summed E-state index contributed by atoms with van der Waals surface area (Å²) in [4.78, 5) is 2.30. The number of hydrogen-bond donors (Lipinski definition) is 0. The van der Waals surface area contributed by atoms with Gasteiger partial charge in [0.25, 0.3) is 0 Å². The molecule has 0 bridgehead atoms. The van der Waals surface area contributed by atoms with Gasteiger partial charge in [-0.25, -0.2) is 0 Å². The Balaban J connectivity index is 2.09. The van der Waals surface area contributed by atoms with E-state index < -0.39 is 0 Å². The van der Waals surface area contributed by atoms with E-state index in [2.05, 4.69) is 11.0 Å². The van der Waals surface area contributed by atoms with E-state index in [0.717, 1.165) is 30.1 Å². The van der Waals surface area contributed by atoms with Gasteiger partial charge in [-0.05, 0) is 31.1 Å². The summed E-state index contributed by atoms with van der Waals surface area (Å²) in [6.07, 6.45) is 4.15. The van der Waals surface area contributed by atoms with Crippen LogP contribution in [0.5, 0.6) is 11.5 Å². The van der Waals surface area contributed by atoms with Crippen molar-refractivity contribution in [2.75, 3.05) is 32.2 Å². The Morgan fingerprint density at radius 1 is 1.12 bits per heavy atom. The second kappa shape index (κ2) is 8.16. The van der Waals surface area contributed by atoms with Crippen LogP contribution in [0.15, 0.2) is 36.4 Å². The molecule has 0 aliphatic carbocycles. The largest absolute Gasteiger partial charge is 0.496 e. The van der Waals surface area contributed by atoms with E-state index in [1.54, 1.807) is 26.4 Å². The second-order valence-corrected chi connectivity index (χ2v) is 6.52. The summed E-state index contributed by atoms with van der Waals surface area (Å²) in [5.74, 6) is 1.47. The van der Waals surface area contributed by atoms with Crippen LogP contribution in [-0.2, 0) is 0 Å². The lowest BCUT2D eigenvalue weighted by Crippen LogP contribution is -2.18. The van der Waals surface area contributed by atoms with Crippen molar-refractivity contribution in [3.05, 3.63) is 52.5 Å². The Morgan fingerprint density at radius 2 is 1.81 bits per heavy atom. The number of ether oxygens (including phenoxy) is 2. The molecular formula is C21H21ClN2O2. The van der Waals surface area contributed by atoms with Gasteiger partial charge in [-0.1, -0.05) is 29.8 Å². The molecule has 0 N–H and O–H groups in total. The zero-order valence-corrected chi connectivity index (χ0v) is 15.7. The molecule has 0 atom stereocenters. The molecule has 0 saturated carbocycles. The standard InChI is InChI=1S/C21H21ClN2O2/c1-25-20-13-19(24-9-5-6-10-24)21(26-2)12-15(20)11-16(14-23)17-7-3-4-8-18(17)22/h3-4,7-8,11-13H,5-6,9-10H2,1-2H3. The fraction of sp³-hybridized carbons (Fsp3) is 0.286. The predicted octanol–water partition coefficient (Wildman–Crippen LogP) is 5.02. The van der Waals surface area contributed by atoms with Crippen LogP contribution in [0.25, 0.3) is 11.6 Å². The van der Waals surface area contributed by atoms with Crippen LogP contribution in [0.3, 0.4) is 0 Å². The lowest BCUT2D eigenvalue weighted by Gasteiger charge is -2.22. The quantitative estimate of drug-likeness (QED) is 0.549. The van der Waals surface area contributed by atoms with Crippen molar-refractivity contribution in [3.8, 4) is 17.6 Å². The maximum Gasteiger partial charge on any atom is 0.143 e. The van der Waals surface area contributed by atoms with Gasteiger partial charge in [0.15, 0.2) is 0 Å². The van der Waals surface area contributed by atoms with Crippen molar-refractivity contribution >= 4 is 28.9 Å². The number of rotatable bonds is 5. The van der Waals surface area contributed by atoms with Gasteiger partial charge < -0.3 is 14.4 Å². The van der Waals surface area contributed by atoms with E-state index in [1.165, 1.54) is 12.8 Å². The Hall–Kier alpha value is -2.64. The molecule has 0 radical (unpaired) electrons. The number of nitriles is 1. The summed E-state index contributed by atoms with van der Waals surface area (Å²) in [5.41, 5.74) is 2.98. The molecule has 1 aliphatic rings. The maximum atomic E-state index is 9.63. The topological polar surface area (TPSA) is 45.5 Å². The van der Waals surface area contributed by atoms with Gasteiger partial charge >= 0.3 is 0 Å². The van der Waals surface area contributed by atoms with Crippen LogP contribution in [0.4, 0.5) is 5.69 Å². The number of nitrogens with zero attached hydrogens (tertiary/aromatic N) is 2. The molecule has 0 unspecified atom stereocenters. The molecule has 1 saturated heterocycles. The SMILES string of the molecule is COc1cc(N2CCCC2)c(OC)cc1C=C(C#N)c1ccccc1Cl. The third-order valence-electron chi connectivity index (χ3n) is 4.56. The molecular weight excluding hydrogens is 348 g/mol. The third kappa shape index (κ3) is 3.63. The summed E-state index contributed by atoms with van der Waals surface area (Å²) in [6, 6.07) is 13.4. The number of halogens is 1. The highest BCUT2D eigenvalue weighted by molar-refractivity contribution is 6.32. The molecule has 0 spiro atoms. The van der Waals surface area contributed by atoms with Crippen LogP contribution in [0.2, 0.25) is 5.02 Å². The highest BCUT2D eigenvalue weighted by Gasteiger charge is 2.19. The van der Waals surface area contributed by atoms with Crippen LogP contribution >= 0.6 is 11.6 Å². The van der Waals surface area contributed by atoms with Crippen LogP contribution in [-0.4, -0.2) is 27.3 Å². The van der Waals surface area contributed by atoms with Crippen molar-refractivity contribution in [2.24, 2.45) is 0 Å². The lowest BCUT2D eigenvalue weighted by atomic mass is 10.0. The van der Waals surface area contributed by atoms with Crippen LogP contribution in [0, 0.1) is 11.3 Å². The van der Waals surface area contributed by atoms with Crippen molar-refractivity contribution in [1.29, 1.82) is 5.26 Å². The van der Waals surface area contributed by atoms with E-state index in [0.29, 0.717) is 21.9 Å². The van der Waals surface area contributed by atoms with Gasteiger partial charge in [0.1, 0.15) is 11.5 Å². The zero-order chi connectivity index (χ0) is 18.5. The number of methoxy groups -OCH3 is 2. The highest BCUT2D eigenvalue weighted by atomic mass is 35.5. The van der Waals surface area contributed by atoms with Gasteiger partial charge in [-0.3, -0.25) is 0 Å². The highest BCUT2D eigenvalue weighted by Crippen LogP contribution is 2.38. The molecule has 4 nitrogen and oxygen atoms in total. The van der Waals surface area contributed by atoms with Crippen LogP contribution in [0.1, 0.15) is 24.0 Å². The molecule has 26 heavy (non-hydrogen) atoms. The fourth-order valence-electron chi connectivity index (χ4n) is 3.23. The minimum atomic E-state index is 0.477. The average molecular weight is 369 g/mol. The van der Waals surface area contributed by atoms with E-state index >= 15 is 0 Å². The molecule has 2 aromatic rings. The van der Waals surface area contributed by atoms with Crippen molar-refractivity contribution in [2.45, 2.75) is 12.8 Å². The van der Waals surface area contributed by atoms with Crippen molar-refractivity contribution < 1.29 is 9.47 Å². The van der Waals surface area contributed by atoms with Crippen LogP contribution < -0.4 is 14.4 Å². The molecule has 2 aromatic carbocycles. The first-order valence-electron chi connectivity index (χ1n) is 8.55. The molecule has 1 aliphatic heterocycles. The Morgan fingerprint density at radius 3 is 2.42 bits per heavy atom. The summed E-state index contributed by atoms with van der Waals surface area (Å²) in [5, 5.41) is 10.2. The molecule has 134 valence electrons. The van der Waals surface area contributed by atoms with Gasteiger partial charge in [-0.15, -0.1) is 0 Å². The first kappa shape index (κ1) is 18.2. The number of anilines is 1. The molecule has 1 heterocycles. The Labute approximate surface area is 159 Å². The Kier molecular flexibility index (Phi) is 5.70. The summed E-state index contributed by atoms with van der Waals surface area (Å²) in [7, 11) is 3.29. The maximum absolute atomic E-state index is 9.63. The van der Waals surface area contributed by atoms with E-state index in [1.807, 2.05) is 30.3 Å². The summed E-state index contributed by atoms with van der Waals surface area (Å²) in [6.45, 7) is 2.02. The minimum Gasteiger partial charge on any atom is -0.496 e. The molecule has 0 amide bonds. The van der Waals surface area contributed by atoms with Crippen molar-refractivity contribution in [1.82, 2.24) is 0 Å². The normalized spacial score (nSPS) is 14.2. The molecule has 1 fully saturated rings. The van der Waals surface area contributed by atoms with Gasteiger partial charge in [0.2, 0.25) is 0 Å². The molecule has 5 heteroatoms. The van der Waals surface area contributed by atoms with Gasteiger partial charge in [-0.2, -0.15) is 5.26 Å². The zero-order valence-electron chi connectivity index (χ0n) is 15.0. The second-order valence-electron chi connectivity index (χ2n) is 6.11. The Bertz CT molecular complexity index is 865. The first-order chi connectivity index (χ1) is 12.7. The van der Waals surface area contributed by atoms with Crippen molar-refractivity contribution in [3.63, 3.8) is 0 Å². The molecule has 3 rings (SSSR count).